The zero-order chi connectivity index (χ0) is 17.6. The predicted octanol–water partition coefficient (Wildman–Crippen LogP) is 1.56. The molecule has 0 aromatic heterocycles. The van der Waals surface area contributed by atoms with E-state index in [1.54, 1.807) is 6.92 Å². The highest BCUT2D eigenvalue weighted by atomic mass is 32.2. The first kappa shape index (κ1) is 18.7. The van der Waals surface area contributed by atoms with Crippen molar-refractivity contribution in [1.82, 2.24) is 9.62 Å². The topological polar surface area (TPSA) is 75.7 Å². The molecule has 0 unspecified atom stereocenters. The van der Waals surface area contributed by atoms with Gasteiger partial charge >= 0.3 is 0 Å². The lowest BCUT2D eigenvalue weighted by Gasteiger charge is -2.32. The van der Waals surface area contributed by atoms with Crippen LogP contribution in [-0.2, 0) is 21.2 Å². The fraction of sp³-hybridized carbons (Fsp3) is 0.588. The van der Waals surface area contributed by atoms with Crippen molar-refractivity contribution in [2.45, 2.75) is 39.2 Å². The Bertz CT molecular complexity index is 635. The largest absolute Gasteiger partial charge is 0.494 e. The van der Waals surface area contributed by atoms with Crippen molar-refractivity contribution in [2.75, 3.05) is 25.4 Å². The Kier molecular flexibility index (Phi) is 6.62. The van der Waals surface area contributed by atoms with Crippen molar-refractivity contribution in [3.05, 3.63) is 29.8 Å². The first-order valence-corrected chi connectivity index (χ1v) is 10.1. The first-order valence-electron chi connectivity index (χ1n) is 8.43. The van der Waals surface area contributed by atoms with Crippen LogP contribution < -0.4 is 9.46 Å². The Hall–Kier alpha value is -1.60. The number of ether oxygens (including phenoxy) is 1. The molecule has 0 saturated carbocycles. The molecular formula is C17H26N2O4S. The molecule has 1 amide bonds. The summed E-state index contributed by atoms with van der Waals surface area (Å²) in [6.07, 6.45) is 1.68. The summed E-state index contributed by atoms with van der Waals surface area (Å²) in [7, 11) is -3.18. The summed E-state index contributed by atoms with van der Waals surface area (Å²) in [6.45, 7) is 5.36. The number of likely N-dealkylation sites (tertiary alicyclic amines) is 1. The van der Waals surface area contributed by atoms with E-state index in [-0.39, 0.29) is 17.7 Å². The van der Waals surface area contributed by atoms with Crippen LogP contribution in [0.5, 0.6) is 5.75 Å². The average molecular weight is 354 g/mol. The molecule has 1 heterocycles. The van der Waals surface area contributed by atoms with Crippen molar-refractivity contribution in [1.29, 1.82) is 0 Å². The summed E-state index contributed by atoms with van der Waals surface area (Å²) in [5.41, 5.74) is 0.956. The number of carbonyl (C=O) groups excluding carboxylic acids is 1. The molecule has 1 aliphatic heterocycles. The minimum atomic E-state index is -3.18. The molecular weight excluding hydrogens is 328 g/mol. The average Bonchev–Trinajstić information content (AvgIpc) is 2.57. The van der Waals surface area contributed by atoms with Crippen LogP contribution in [0.2, 0.25) is 0 Å². The van der Waals surface area contributed by atoms with Gasteiger partial charge in [0.15, 0.2) is 0 Å². The zero-order valence-corrected chi connectivity index (χ0v) is 15.1. The quantitative estimate of drug-likeness (QED) is 0.806. The highest BCUT2D eigenvalue weighted by Gasteiger charge is 2.25. The van der Waals surface area contributed by atoms with E-state index < -0.39 is 10.0 Å². The number of carbonyl (C=O) groups is 1. The normalized spacial score (nSPS) is 16.2. The Morgan fingerprint density at radius 1 is 1.21 bits per heavy atom. The van der Waals surface area contributed by atoms with Gasteiger partial charge in [-0.2, -0.15) is 0 Å². The van der Waals surface area contributed by atoms with Gasteiger partial charge in [-0.1, -0.05) is 12.1 Å². The van der Waals surface area contributed by atoms with Crippen molar-refractivity contribution >= 4 is 15.9 Å². The van der Waals surface area contributed by atoms with E-state index in [9.17, 15) is 13.2 Å². The maximum absolute atomic E-state index is 12.4. The summed E-state index contributed by atoms with van der Waals surface area (Å²) in [6, 6.07) is 7.50. The lowest BCUT2D eigenvalue weighted by Crippen LogP contribution is -2.47. The van der Waals surface area contributed by atoms with Gasteiger partial charge in [0.1, 0.15) is 5.75 Å². The van der Waals surface area contributed by atoms with Gasteiger partial charge in [0.25, 0.3) is 0 Å². The van der Waals surface area contributed by atoms with E-state index in [1.165, 1.54) is 0 Å². The van der Waals surface area contributed by atoms with E-state index in [0.29, 0.717) is 39.0 Å². The number of nitrogens with zero attached hydrogens (tertiary/aromatic N) is 1. The third-order valence-corrected chi connectivity index (χ3v) is 5.62. The van der Waals surface area contributed by atoms with Gasteiger partial charge in [-0.25, -0.2) is 13.1 Å². The van der Waals surface area contributed by atoms with Gasteiger partial charge in [-0.05, 0) is 44.4 Å². The Labute approximate surface area is 144 Å². The second-order valence-corrected chi connectivity index (χ2v) is 7.97. The van der Waals surface area contributed by atoms with Crippen molar-refractivity contribution in [3.8, 4) is 5.75 Å². The molecule has 0 atom stereocenters. The van der Waals surface area contributed by atoms with E-state index >= 15 is 0 Å². The number of hydrogen-bond donors (Lipinski definition) is 1. The molecule has 0 radical (unpaired) electrons. The fourth-order valence-corrected chi connectivity index (χ4v) is 3.65. The number of rotatable bonds is 7. The summed E-state index contributed by atoms with van der Waals surface area (Å²) in [5, 5.41) is 0. The molecule has 1 saturated heterocycles. The fourth-order valence-electron chi connectivity index (χ4n) is 2.74. The number of sulfonamides is 1. The maximum Gasteiger partial charge on any atom is 0.226 e. The number of nitrogens with one attached hydrogen (secondary N) is 1. The minimum Gasteiger partial charge on any atom is -0.494 e. The summed E-state index contributed by atoms with van der Waals surface area (Å²) < 4.78 is 31.3. The van der Waals surface area contributed by atoms with Crippen molar-refractivity contribution in [3.63, 3.8) is 0 Å². The summed E-state index contributed by atoms with van der Waals surface area (Å²) in [4.78, 5) is 14.2. The molecule has 1 fully saturated rings. The monoisotopic (exact) mass is 354 g/mol. The molecule has 7 heteroatoms. The molecule has 0 bridgehead atoms. The highest BCUT2D eigenvalue weighted by Crippen LogP contribution is 2.16. The van der Waals surface area contributed by atoms with Crippen LogP contribution >= 0.6 is 0 Å². The van der Waals surface area contributed by atoms with Crippen LogP contribution in [0.4, 0.5) is 0 Å². The lowest BCUT2D eigenvalue weighted by atomic mass is 10.0. The minimum absolute atomic E-state index is 0.0653. The van der Waals surface area contributed by atoms with Gasteiger partial charge < -0.3 is 9.64 Å². The van der Waals surface area contributed by atoms with Gasteiger partial charge in [-0.15, -0.1) is 0 Å². The second-order valence-electron chi connectivity index (χ2n) is 5.93. The van der Waals surface area contributed by atoms with E-state index in [2.05, 4.69) is 4.72 Å². The predicted molar refractivity (Wildman–Crippen MR) is 93.5 cm³/mol. The standard InChI is InChI=1S/C17H26N2O4S/c1-3-23-16-7-5-14(6-8-16)13-17(20)19-11-9-15(10-12-19)18-24(21,22)4-2/h5-8,15,18H,3-4,9-13H2,1-2H3. The molecule has 2 rings (SSSR count). The molecule has 1 N–H and O–H groups in total. The molecule has 6 nitrogen and oxygen atoms in total. The smallest absolute Gasteiger partial charge is 0.226 e. The van der Waals surface area contributed by atoms with Crippen LogP contribution in [0.25, 0.3) is 0 Å². The zero-order valence-electron chi connectivity index (χ0n) is 14.3. The van der Waals surface area contributed by atoms with Gasteiger partial charge in [0.2, 0.25) is 15.9 Å². The molecule has 1 aliphatic rings. The molecule has 0 spiro atoms. The van der Waals surface area contributed by atoms with Gasteiger partial charge in [0.05, 0.1) is 18.8 Å². The Morgan fingerprint density at radius 3 is 2.38 bits per heavy atom. The van der Waals surface area contributed by atoms with Crippen LogP contribution in [-0.4, -0.2) is 50.7 Å². The third kappa shape index (κ3) is 5.49. The van der Waals surface area contributed by atoms with Crippen molar-refractivity contribution in [2.24, 2.45) is 0 Å². The van der Waals surface area contributed by atoms with E-state index in [4.69, 9.17) is 4.74 Å². The summed E-state index contributed by atoms with van der Waals surface area (Å²) >= 11 is 0. The first-order chi connectivity index (χ1) is 11.4. The number of hydrogen-bond acceptors (Lipinski definition) is 4. The van der Waals surface area contributed by atoms with Crippen LogP contribution in [0.15, 0.2) is 24.3 Å². The Morgan fingerprint density at radius 2 is 1.83 bits per heavy atom. The number of benzene rings is 1. The lowest BCUT2D eigenvalue weighted by molar-refractivity contribution is -0.131. The third-order valence-electron chi connectivity index (χ3n) is 4.16. The van der Waals surface area contributed by atoms with Gasteiger partial charge in [-0.3, -0.25) is 4.79 Å². The second kappa shape index (κ2) is 8.48. The van der Waals surface area contributed by atoms with Crippen LogP contribution in [0.1, 0.15) is 32.3 Å². The molecule has 134 valence electrons. The summed E-state index contributed by atoms with van der Waals surface area (Å²) in [5.74, 6) is 0.970. The van der Waals surface area contributed by atoms with Gasteiger partial charge in [0, 0.05) is 19.1 Å². The van der Waals surface area contributed by atoms with Crippen LogP contribution in [0, 0.1) is 0 Å². The Balaban J connectivity index is 1.82. The highest BCUT2D eigenvalue weighted by molar-refractivity contribution is 7.89. The molecule has 1 aromatic rings. The van der Waals surface area contributed by atoms with E-state index in [1.807, 2.05) is 36.1 Å². The van der Waals surface area contributed by atoms with Crippen molar-refractivity contribution < 1.29 is 17.9 Å². The maximum atomic E-state index is 12.4. The van der Waals surface area contributed by atoms with Crippen LogP contribution in [0.3, 0.4) is 0 Å². The SMILES string of the molecule is CCOc1ccc(CC(=O)N2CCC(NS(=O)(=O)CC)CC2)cc1. The molecule has 1 aromatic carbocycles. The van der Waals surface area contributed by atoms with E-state index in [0.717, 1.165) is 11.3 Å². The molecule has 0 aliphatic carbocycles. The number of piperidine rings is 1. The molecule has 24 heavy (non-hydrogen) atoms. The number of amides is 1.